The van der Waals surface area contributed by atoms with Crippen LogP contribution in [0.15, 0.2) is 30.3 Å². The number of hydrogen-bond donors (Lipinski definition) is 1. The van der Waals surface area contributed by atoms with Gasteiger partial charge in [0.15, 0.2) is 0 Å². The Bertz CT molecular complexity index is 317. The van der Waals surface area contributed by atoms with Crippen LogP contribution in [0, 0.1) is 0 Å². The number of ether oxygens (including phenoxy) is 1. The summed E-state index contributed by atoms with van der Waals surface area (Å²) in [6.45, 7) is 4.19. The van der Waals surface area contributed by atoms with Gasteiger partial charge in [-0.25, -0.2) is 0 Å². The van der Waals surface area contributed by atoms with Gasteiger partial charge in [0.2, 0.25) is 0 Å². The molecule has 0 aliphatic carbocycles. The molecule has 0 spiro atoms. The molecule has 1 aromatic carbocycles. The molecule has 0 saturated carbocycles. The molecule has 2 unspecified atom stereocenters. The van der Waals surface area contributed by atoms with Gasteiger partial charge in [0.1, 0.15) is 0 Å². The minimum absolute atomic E-state index is 0.446. The summed E-state index contributed by atoms with van der Waals surface area (Å²) in [7, 11) is 0. The summed E-state index contributed by atoms with van der Waals surface area (Å²) in [6, 6.07) is 10.4. The van der Waals surface area contributed by atoms with Gasteiger partial charge in [0.05, 0.1) is 6.10 Å². The molecule has 0 amide bonds. The fourth-order valence-electron chi connectivity index (χ4n) is 2.03. The van der Waals surface area contributed by atoms with Crippen LogP contribution in [0.3, 0.4) is 0 Å². The van der Waals surface area contributed by atoms with Crippen molar-refractivity contribution in [3.63, 3.8) is 0 Å². The van der Waals surface area contributed by atoms with Crippen LogP contribution in [0.2, 0.25) is 0 Å². The first-order valence-electron chi connectivity index (χ1n) is 6.38. The number of rotatable bonds is 6. The number of anilines is 1. The lowest BCUT2D eigenvalue weighted by Gasteiger charge is -2.13. The lowest BCUT2D eigenvalue weighted by molar-refractivity contribution is 0.127. The van der Waals surface area contributed by atoms with Gasteiger partial charge in [-0.1, -0.05) is 18.2 Å². The first-order valence-corrected chi connectivity index (χ1v) is 7.43. The number of benzene rings is 1. The maximum atomic E-state index is 5.56. The summed E-state index contributed by atoms with van der Waals surface area (Å²) < 4.78 is 5.56. The molecule has 1 heterocycles. The largest absolute Gasteiger partial charge is 0.385 e. The molecule has 1 aliphatic heterocycles. The Morgan fingerprint density at radius 3 is 2.88 bits per heavy atom. The van der Waals surface area contributed by atoms with Crippen molar-refractivity contribution >= 4 is 17.4 Å². The Labute approximate surface area is 108 Å². The topological polar surface area (TPSA) is 21.3 Å². The van der Waals surface area contributed by atoms with Gasteiger partial charge in [0.25, 0.3) is 0 Å². The molecule has 1 N–H and O–H groups in total. The van der Waals surface area contributed by atoms with Gasteiger partial charge in [0, 0.05) is 24.1 Å². The fourth-order valence-corrected chi connectivity index (χ4v) is 3.25. The Morgan fingerprint density at radius 1 is 1.35 bits per heavy atom. The highest BCUT2D eigenvalue weighted by molar-refractivity contribution is 7.99. The molecule has 0 aromatic heterocycles. The van der Waals surface area contributed by atoms with Crippen molar-refractivity contribution in [1.82, 2.24) is 0 Å². The Balaban J connectivity index is 1.55. The van der Waals surface area contributed by atoms with E-state index in [1.54, 1.807) is 0 Å². The van der Waals surface area contributed by atoms with E-state index in [0.717, 1.165) is 13.2 Å². The zero-order chi connectivity index (χ0) is 11.9. The van der Waals surface area contributed by atoms with Crippen molar-refractivity contribution in [2.45, 2.75) is 31.1 Å². The van der Waals surface area contributed by atoms with E-state index < -0.39 is 0 Å². The molecule has 0 radical (unpaired) electrons. The molecule has 1 fully saturated rings. The predicted octanol–water partition coefficient (Wildman–Crippen LogP) is 3.40. The van der Waals surface area contributed by atoms with Gasteiger partial charge >= 0.3 is 0 Å². The first-order chi connectivity index (χ1) is 8.36. The van der Waals surface area contributed by atoms with Crippen LogP contribution in [0.1, 0.15) is 19.8 Å². The van der Waals surface area contributed by atoms with Crippen LogP contribution in [-0.2, 0) is 4.74 Å². The van der Waals surface area contributed by atoms with Crippen LogP contribution in [0.5, 0.6) is 0 Å². The predicted molar refractivity (Wildman–Crippen MR) is 75.8 cm³/mol. The van der Waals surface area contributed by atoms with E-state index in [2.05, 4.69) is 48.3 Å². The fraction of sp³-hybridized carbons (Fsp3) is 0.571. The molecule has 17 heavy (non-hydrogen) atoms. The van der Waals surface area contributed by atoms with Crippen molar-refractivity contribution < 1.29 is 4.74 Å². The first kappa shape index (κ1) is 12.8. The Hall–Kier alpha value is -0.670. The summed E-state index contributed by atoms with van der Waals surface area (Å²) in [5.41, 5.74) is 1.22. The SMILES string of the molecule is CC1OCCC1SCCCNc1ccccc1. The average molecular weight is 251 g/mol. The molecule has 94 valence electrons. The standard InChI is InChI=1S/C14H21NOS/c1-12-14(8-10-16-12)17-11-5-9-15-13-6-3-2-4-7-13/h2-4,6-7,12,14-15H,5,8-11H2,1H3. The van der Waals surface area contributed by atoms with Crippen molar-refractivity contribution in [3.8, 4) is 0 Å². The van der Waals surface area contributed by atoms with E-state index in [9.17, 15) is 0 Å². The van der Waals surface area contributed by atoms with E-state index in [4.69, 9.17) is 4.74 Å². The molecular weight excluding hydrogens is 230 g/mol. The van der Waals surface area contributed by atoms with Crippen LogP contribution in [0.25, 0.3) is 0 Å². The van der Waals surface area contributed by atoms with E-state index >= 15 is 0 Å². The van der Waals surface area contributed by atoms with E-state index in [1.807, 2.05) is 6.07 Å². The van der Waals surface area contributed by atoms with Crippen molar-refractivity contribution in [2.75, 3.05) is 24.2 Å². The summed E-state index contributed by atoms with van der Waals surface area (Å²) in [6.07, 6.45) is 2.88. The third kappa shape index (κ3) is 4.25. The second-order valence-electron chi connectivity index (χ2n) is 4.42. The molecule has 0 bridgehead atoms. The number of hydrogen-bond acceptors (Lipinski definition) is 3. The van der Waals surface area contributed by atoms with E-state index in [0.29, 0.717) is 11.4 Å². The quantitative estimate of drug-likeness (QED) is 0.783. The molecule has 1 aromatic rings. The molecule has 1 aliphatic rings. The molecule has 2 rings (SSSR count). The van der Waals surface area contributed by atoms with Gasteiger partial charge in [-0.15, -0.1) is 0 Å². The van der Waals surface area contributed by atoms with Crippen LogP contribution < -0.4 is 5.32 Å². The molecule has 3 heteroatoms. The van der Waals surface area contributed by atoms with Crippen LogP contribution in [0.4, 0.5) is 5.69 Å². The van der Waals surface area contributed by atoms with Crippen molar-refractivity contribution in [3.05, 3.63) is 30.3 Å². The van der Waals surface area contributed by atoms with Gasteiger partial charge in [-0.3, -0.25) is 0 Å². The van der Waals surface area contributed by atoms with Crippen molar-refractivity contribution in [1.29, 1.82) is 0 Å². The summed E-state index contributed by atoms with van der Waals surface area (Å²) in [5, 5.41) is 4.15. The highest BCUT2D eigenvalue weighted by Crippen LogP contribution is 2.26. The highest BCUT2D eigenvalue weighted by atomic mass is 32.2. The van der Waals surface area contributed by atoms with E-state index in [-0.39, 0.29) is 0 Å². The monoisotopic (exact) mass is 251 g/mol. The number of para-hydroxylation sites is 1. The third-order valence-corrected chi connectivity index (χ3v) is 4.63. The van der Waals surface area contributed by atoms with Gasteiger partial charge in [-0.05, 0) is 37.7 Å². The minimum atomic E-state index is 0.446. The van der Waals surface area contributed by atoms with Crippen LogP contribution in [-0.4, -0.2) is 30.3 Å². The van der Waals surface area contributed by atoms with E-state index in [1.165, 1.54) is 24.3 Å². The summed E-state index contributed by atoms with van der Waals surface area (Å²) in [4.78, 5) is 0. The lowest BCUT2D eigenvalue weighted by Crippen LogP contribution is -2.14. The summed E-state index contributed by atoms with van der Waals surface area (Å²) in [5.74, 6) is 1.22. The van der Waals surface area contributed by atoms with Gasteiger partial charge in [-0.2, -0.15) is 11.8 Å². The lowest BCUT2D eigenvalue weighted by atomic mass is 10.3. The maximum Gasteiger partial charge on any atom is 0.0666 e. The second kappa shape index (κ2) is 6.92. The van der Waals surface area contributed by atoms with Crippen LogP contribution >= 0.6 is 11.8 Å². The molecule has 1 saturated heterocycles. The smallest absolute Gasteiger partial charge is 0.0666 e. The Morgan fingerprint density at radius 2 is 2.18 bits per heavy atom. The van der Waals surface area contributed by atoms with Gasteiger partial charge < -0.3 is 10.1 Å². The molecule has 2 nitrogen and oxygen atoms in total. The molecular formula is C14H21NOS. The third-order valence-electron chi connectivity index (χ3n) is 3.06. The minimum Gasteiger partial charge on any atom is -0.385 e. The highest BCUT2D eigenvalue weighted by Gasteiger charge is 2.23. The van der Waals surface area contributed by atoms with Crippen molar-refractivity contribution in [2.24, 2.45) is 0 Å². The molecule has 2 atom stereocenters. The Kier molecular flexibility index (Phi) is 5.20. The zero-order valence-corrected chi connectivity index (χ0v) is 11.2. The average Bonchev–Trinajstić information content (AvgIpc) is 2.76. The summed E-state index contributed by atoms with van der Waals surface area (Å²) >= 11 is 2.06. The number of thioether (sulfide) groups is 1. The second-order valence-corrected chi connectivity index (χ2v) is 5.77. The normalized spacial score (nSPS) is 23.8. The zero-order valence-electron chi connectivity index (χ0n) is 10.4. The maximum absolute atomic E-state index is 5.56. The number of nitrogens with one attached hydrogen (secondary N) is 1.